The standard InChI is InChI=1S/C17H20FN3O4S2/c1-12(22)25-7-6-16-11-26-17(20-16)21-27(23,24)8-2-3-13-9-15(18)5-4-14(13)10-19/h2-5,9,11H,6-8,10,19H2,1H3,(H,20,21). The lowest BCUT2D eigenvalue weighted by Gasteiger charge is -2.04. The lowest BCUT2D eigenvalue weighted by atomic mass is 10.1. The van der Waals surface area contributed by atoms with Gasteiger partial charge in [0.25, 0.3) is 0 Å². The van der Waals surface area contributed by atoms with Crippen molar-refractivity contribution < 1.29 is 22.3 Å². The van der Waals surface area contributed by atoms with E-state index in [4.69, 9.17) is 10.5 Å². The van der Waals surface area contributed by atoms with Crippen molar-refractivity contribution in [3.8, 4) is 0 Å². The zero-order chi connectivity index (χ0) is 19.9. The van der Waals surface area contributed by atoms with E-state index in [1.807, 2.05) is 0 Å². The predicted octanol–water partition coefficient (Wildman–Crippen LogP) is 2.30. The number of benzene rings is 1. The largest absolute Gasteiger partial charge is 0.465 e. The highest BCUT2D eigenvalue weighted by molar-refractivity contribution is 7.93. The van der Waals surface area contributed by atoms with Crippen LogP contribution in [-0.4, -0.2) is 31.7 Å². The topological polar surface area (TPSA) is 111 Å². The van der Waals surface area contributed by atoms with E-state index in [1.165, 1.54) is 31.2 Å². The van der Waals surface area contributed by atoms with Crippen molar-refractivity contribution in [2.45, 2.75) is 19.9 Å². The Morgan fingerprint density at radius 3 is 2.93 bits per heavy atom. The summed E-state index contributed by atoms with van der Waals surface area (Å²) in [6.45, 7) is 1.72. The molecule has 1 heterocycles. The quantitative estimate of drug-likeness (QED) is 0.610. The number of ether oxygens (including phenoxy) is 1. The Bertz CT molecular complexity index is 926. The fourth-order valence-electron chi connectivity index (χ4n) is 2.15. The summed E-state index contributed by atoms with van der Waals surface area (Å²) in [5.41, 5.74) is 7.47. The van der Waals surface area contributed by atoms with Crippen LogP contribution in [0.2, 0.25) is 0 Å². The fourth-order valence-corrected chi connectivity index (χ4v) is 4.06. The number of nitrogens with two attached hydrogens (primary N) is 1. The highest BCUT2D eigenvalue weighted by Gasteiger charge is 2.12. The molecule has 7 nitrogen and oxygen atoms in total. The summed E-state index contributed by atoms with van der Waals surface area (Å²) in [5.74, 6) is -1.10. The number of halogens is 1. The molecule has 10 heteroatoms. The number of nitrogens with one attached hydrogen (secondary N) is 1. The third kappa shape index (κ3) is 7.08. The summed E-state index contributed by atoms with van der Waals surface area (Å²) in [4.78, 5) is 14.9. The number of thiazole rings is 1. The van der Waals surface area contributed by atoms with Gasteiger partial charge in [-0.2, -0.15) is 0 Å². The minimum absolute atomic E-state index is 0.186. The van der Waals surface area contributed by atoms with Gasteiger partial charge in [-0.05, 0) is 23.3 Å². The number of carbonyl (C=O) groups is 1. The molecule has 0 amide bonds. The minimum atomic E-state index is -3.65. The maximum atomic E-state index is 13.3. The van der Waals surface area contributed by atoms with Crippen LogP contribution < -0.4 is 10.5 Å². The van der Waals surface area contributed by atoms with Gasteiger partial charge in [0.1, 0.15) is 5.82 Å². The van der Waals surface area contributed by atoms with Gasteiger partial charge in [0.05, 0.1) is 18.1 Å². The number of rotatable bonds is 9. The average Bonchev–Trinajstić information content (AvgIpc) is 3.01. The predicted molar refractivity (Wildman–Crippen MR) is 103 cm³/mol. The van der Waals surface area contributed by atoms with Crippen LogP contribution in [0.1, 0.15) is 23.7 Å². The van der Waals surface area contributed by atoms with Crippen LogP contribution in [0.25, 0.3) is 6.08 Å². The lowest BCUT2D eigenvalue weighted by molar-refractivity contribution is -0.140. The molecule has 2 rings (SSSR count). The molecule has 0 aliphatic rings. The third-order valence-corrected chi connectivity index (χ3v) is 5.47. The van der Waals surface area contributed by atoms with Crippen molar-refractivity contribution in [2.24, 2.45) is 5.73 Å². The average molecular weight is 413 g/mol. The monoisotopic (exact) mass is 413 g/mol. The van der Waals surface area contributed by atoms with Gasteiger partial charge >= 0.3 is 5.97 Å². The van der Waals surface area contributed by atoms with E-state index in [1.54, 1.807) is 11.4 Å². The van der Waals surface area contributed by atoms with Gasteiger partial charge in [-0.25, -0.2) is 17.8 Å². The van der Waals surface area contributed by atoms with Gasteiger partial charge in [0.15, 0.2) is 5.13 Å². The number of carbonyl (C=O) groups excluding carboxylic acids is 1. The van der Waals surface area contributed by atoms with Crippen molar-refractivity contribution in [1.29, 1.82) is 0 Å². The van der Waals surface area contributed by atoms with Crippen LogP contribution in [0, 0.1) is 5.82 Å². The van der Waals surface area contributed by atoms with Crippen LogP contribution in [0.4, 0.5) is 9.52 Å². The maximum Gasteiger partial charge on any atom is 0.302 e. The molecule has 0 aliphatic carbocycles. The summed E-state index contributed by atoms with van der Waals surface area (Å²) in [7, 11) is -3.65. The Morgan fingerprint density at radius 1 is 1.44 bits per heavy atom. The van der Waals surface area contributed by atoms with Crippen molar-refractivity contribution in [1.82, 2.24) is 4.98 Å². The minimum Gasteiger partial charge on any atom is -0.465 e. The first-order chi connectivity index (χ1) is 12.8. The summed E-state index contributed by atoms with van der Waals surface area (Å²) in [6.07, 6.45) is 3.35. The third-order valence-electron chi connectivity index (χ3n) is 3.40. The van der Waals surface area contributed by atoms with Gasteiger partial charge in [-0.15, -0.1) is 11.3 Å². The fraction of sp³-hybridized carbons (Fsp3) is 0.294. The second kappa shape index (κ2) is 9.58. The molecule has 3 N–H and O–H groups in total. The number of anilines is 1. The molecule has 0 spiro atoms. The normalized spacial score (nSPS) is 11.7. The van der Waals surface area contributed by atoms with Crippen LogP contribution in [0.15, 0.2) is 29.7 Å². The lowest BCUT2D eigenvalue weighted by Crippen LogP contribution is -2.15. The maximum absolute atomic E-state index is 13.3. The zero-order valence-corrected chi connectivity index (χ0v) is 16.3. The molecule has 0 bridgehead atoms. The molecule has 0 saturated carbocycles. The number of nitrogens with zero attached hydrogens (tertiary/aromatic N) is 1. The van der Waals surface area contributed by atoms with Crippen molar-refractivity contribution in [2.75, 3.05) is 17.1 Å². The molecule has 27 heavy (non-hydrogen) atoms. The summed E-state index contributed by atoms with van der Waals surface area (Å²) >= 11 is 1.14. The number of aromatic nitrogens is 1. The first-order valence-corrected chi connectivity index (χ1v) is 10.6. The number of esters is 1. The Balaban J connectivity index is 1.94. The van der Waals surface area contributed by atoms with Crippen LogP contribution >= 0.6 is 11.3 Å². The second-order valence-corrected chi connectivity index (χ2v) is 8.19. The highest BCUT2D eigenvalue weighted by atomic mass is 32.2. The molecule has 1 aromatic carbocycles. The first-order valence-electron chi connectivity index (χ1n) is 8.02. The molecule has 0 radical (unpaired) electrons. The highest BCUT2D eigenvalue weighted by Crippen LogP contribution is 2.18. The molecule has 0 saturated heterocycles. The van der Waals surface area contributed by atoms with E-state index in [-0.39, 0.29) is 30.0 Å². The van der Waals surface area contributed by atoms with E-state index in [2.05, 4.69) is 9.71 Å². The van der Waals surface area contributed by atoms with Crippen LogP contribution in [0.5, 0.6) is 0 Å². The van der Waals surface area contributed by atoms with E-state index in [0.29, 0.717) is 17.7 Å². The molecule has 2 aromatic rings. The Hall–Kier alpha value is -2.30. The van der Waals surface area contributed by atoms with E-state index in [9.17, 15) is 17.6 Å². The van der Waals surface area contributed by atoms with E-state index < -0.39 is 15.8 Å². The van der Waals surface area contributed by atoms with Gasteiger partial charge in [-0.1, -0.05) is 18.2 Å². The second-order valence-electron chi connectivity index (χ2n) is 5.57. The molecule has 0 aliphatic heterocycles. The van der Waals surface area contributed by atoms with E-state index >= 15 is 0 Å². The van der Waals surface area contributed by atoms with Crippen molar-refractivity contribution >= 4 is 38.5 Å². The first kappa shape index (κ1) is 21.0. The van der Waals surface area contributed by atoms with Crippen LogP contribution in [0.3, 0.4) is 0 Å². The Labute approximate surface area is 161 Å². The molecule has 0 atom stereocenters. The molecule has 0 fully saturated rings. The Morgan fingerprint density at radius 2 is 2.22 bits per heavy atom. The molecule has 146 valence electrons. The van der Waals surface area contributed by atoms with Crippen molar-refractivity contribution in [3.05, 3.63) is 52.3 Å². The zero-order valence-electron chi connectivity index (χ0n) is 14.6. The van der Waals surface area contributed by atoms with E-state index in [0.717, 1.165) is 16.9 Å². The number of sulfonamides is 1. The number of hydrogen-bond acceptors (Lipinski definition) is 7. The Kier molecular flexibility index (Phi) is 7.45. The van der Waals surface area contributed by atoms with Gasteiger partial charge in [-0.3, -0.25) is 9.52 Å². The molecular weight excluding hydrogens is 393 g/mol. The summed E-state index contributed by atoms with van der Waals surface area (Å²) in [5, 5.41) is 1.92. The molecule has 1 aromatic heterocycles. The summed E-state index contributed by atoms with van der Waals surface area (Å²) in [6, 6.07) is 4.17. The van der Waals surface area contributed by atoms with Gasteiger partial charge < -0.3 is 10.5 Å². The summed E-state index contributed by atoms with van der Waals surface area (Å²) < 4.78 is 44.9. The van der Waals surface area contributed by atoms with Gasteiger partial charge in [0, 0.05) is 25.3 Å². The smallest absolute Gasteiger partial charge is 0.302 e. The van der Waals surface area contributed by atoms with Gasteiger partial charge in [0.2, 0.25) is 10.0 Å². The van der Waals surface area contributed by atoms with Crippen LogP contribution in [-0.2, 0) is 32.5 Å². The van der Waals surface area contributed by atoms with Crippen molar-refractivity contribution in [3.63, 3.8) is 0 Å². The number of hydrogen-bond donors (Lipinski definition) is 2. The molecular formula is C17H20FN3O4S2. The molecule has 0 unspecified atom stereocenters. The SMILES string of the molecule is CC(=O)OCCc1csc(NS(=O)(=O)CC=Cc2cc(F)ccc2CN)n1.